The fraction of sp³-hybridized carbons (Fsp3) is 0.455. The molecule has 0 aromatic heterocycles. The minimum absolute atomic E-state index is 0.235. The van der Waals surface area contributed by atoms with Crippen molar-refractivity contribution in [2.45, 2.75) is 23.8 Å². The predicted octanol–water partition coefficient (Wildman–Crippen LogP) is 0.879. The van der Waals surface area contributed by atoms with Crippen LogP contribution in [-0.4, -0.2) is 41.9 Å². The summed E-state index contributed by atoms with van der Waals surface area (Å²) in [5, 5.41) is 19.8. The van der Waals surface area contributed by atoms with Gasteiger partial charge in [0.05, 0.1) is 16.4 Å². The molecule has 20 heavy (non-hydrogen) atoms. The van der Waals surface area contributed by atoms with E-state index in [-0.39, 0.29) is 18.0 Å². The van der Waals surface area contributed by atoms with E-state index < -0.39 is 32.5 Å². The van der Waals surface area contributed by atoms with Crippen LogP contribution < -0.4 is 0 Å². The lowest BCUT2D eigenvalue weighted by Crippen LogP contribution is -2.37. The summed E-state index contributed by atoms with van der Waals surface area (Å²) < 4.78 is 39.1. The van der Waals surface area contributed by atoms with Crippen LogP contribution in [0.1, 0.15) is 12.8 Å². The van der Waals surface area contributed by atoms with Crippen LogP contribution in [0, 0.1) is 15.9 Å². The Morgan fingerprint density at radius 1 is 1.50 bits per heavy atom. The number of nitro groups is 1. The van der Waals surface area contributed by atoms with Gasteiger partial charge >= 0.3 is 5.69 Å². The van der Waals surface area contributed by atoms with Crippen LogP contribution in [0.15, 0.2) is 23.1 Å². The van der Waals surface area contributed by atoms with Crippen molar-refractivity contribution >= 4 is 15.7 Å². The van der Waals surface area contributed by atoms with Gasteiger partial charge in [-0.15, -0.1) is 0 Å². The molecular formula is C11H13FN2O5S. The average molecular weight is 304 g/mol. The Morgan fingerprint density at radius 3 is 2.80 bits per heavy atom. The number of rotatable bonds is 4. The maximum atomic E-state index is 13.2. The van der Waals surface area contributed by atoms with Crippen molar-refractivity contribution in [3.63, 3.8) is 0 Å². The molecule has 0 saturated carbocycles. The molecule has 110 valence electrons. The van der Waals surface area contributed by atoms with Gasteiger partial charge in [-0.05, 0) is 25.0 Å². The number of sulfonamides is 1. The monoisotopic (exact) mass is 304 g/mol. The van der Waals surface area contributed by atoms with E-state index in [0.717, 1.165) is 16.4 Å². The number of aliphatic hydroxyl groups excluding tert-OH is 1. The molecule has 9 heteroatoms. The molecule has 1 aromatic carbocycles. The molecule has 7 nitrogen and oxygen atoms in total. The molecular weight excluding hydrogens is 291 g/mol. The molecule has 0 bridgehead atoms. The first kappa shape index (κ1) is 14.8. The minimum Gasteiger partial charge on any atom is -0.395 e. The number of benzene rings is 1. The molecule has 1 aromatic rings. The van der Waals surface area contributed by atoms with E-state index in [2.05, 4.69) is 0 Å². The summed E-state index contributed by atoms with van der Waals surface area (Å²) in [5.74, 6) is -1.09. The van der Waals surface area contributed by atoms with Gasteiger partial charge in [-0.1, -0.05) is 0 Å². The summed E-state index contributed by atoms with van der Waals surface area (Å²) in [5.41, 5.74) is -0.883. The predicted molar refractivity (Wildman–Crippen MR) is 67.1 cm³/mol. The van der Waals surface area contributed by atoms with E-state index in [4.69, 9.17) is 5.11 Å². The van der Waals surface area contributed by atoms with Crippen LogP contribution in [0.5, 0.6) is 0 Å². The SMILES string of the molecule is O=[N+]([O-])c1cc(S(=O)(=O)N2CCC[C@@H]2CO)ccc1F. The number of aliphatic hydroxyl groups is 1. The van der Waals surface area contributed by atoms with Gasteiger partial charge < -0.3 is 5.11 Å². The Hall–Kier alpha value is -1.58. The molecule has 0 unspecified atom stereocenters. The second-order valence-electron chi connectivity index (χ2n) is 4.46. The van der Waals surface area contributed by atoms with Crippen LogP contribution in [0.4, 0.5) is 10.1 Å². The second kappa shape index (κ2) is 5.43. The minimum atomic E-state index is -3.97. The fourth-order valence-electron chi connectivity index (χ4n) is 2.24. The zero-order valence-corrected chi connectivity index (χ0v) is 11.2. The van der Waals surface area contributed by atoms with E-state index in [1.165, 1.54) is 0 Å². The lowest BCUT2D eigenvalue weighted by molar-refractivity contribution is -0.387. The molecule has 0 aliphatic carbocycles. The van der Waals surface area contributed by atoms with E-state index in [1.807, 2.05) is 0 Å². The Kier molecular flexibility index (Phi) is 4.02. The van der Waals surface area contributed by atoms with Crippen LogP contribution in [-0.2, 0) is 10.0 Å². The zero-order valence-electron chi connectivity index (χ0n) is 10.4. The summed E-state index contributed by atoms with van der Waals surface area (Å²) in [6, 6.07) is 1.92. The maximum Gasteiger partial charge on any atom is 0.306 e. The first-order chi connectivity index (χ1) is 9.37. The summed E-state index contributed by atoms with van der Waals surface area (Å²) in [6.45, 7) is -0.0821. The number of hydrogen-bond acceptors (Lipinski definition) is 5. The van der Waals surface area contributed by atoms with Crippen LogP contribution >= 0.6 is 0 Å². The Labute approximate surface area is 114 Å². The summed E-state index contributed by atoms with van der Waals surface area (Å²) >= 11 is 0. The standard InChI is InChI=1S/C11H13FN2O5S/c12-10-4-3-9(6-11(10)14(16)17)20(18,19)13-5-1-2-8(13)7-15/h3-4,6,8,15H,1-2,5,7H2/t8-/m1/s1. The smallest absolute Gasteiger partial charge is 0.306 e. The first-order valence-electron chi connectivity index (χ1n) is 5.94. The van der Waals surface area contributed by atoms with Gasteiger partial charge in [0.25, 0.3) is 0 Å². The highest BCUT2D eigenvalue weighted by atomic mass is 32.2. The number of halogens is 1. The van der Waals surface area contributed by atoms with Gasteiger partial charge in [0.15, 0.2) is 0 Å². The number of nitrogens with zero attached hydrogens (tertiary/aromatic N) is 2. The second-order valence-corrected chi connectivity index (χ2v) is 6.36. The zero-order chi connectivity index (χ0) is 14.9. The molecule has 1 atom stereocenters. The normalized spacial score (nSPS) is 20.2. The molecule has 1 fully saturated rings. The summed E-state index contributed by atoms with van der Waals surface area (Å²) in [6.07, 6.45) is 1.13. The highest BCUT2D eigenvalue weighted by molar-refractivity contribution is 7.89. The van der Waals surface area contributed by atoms with E-state index in [1.54, 1.807) is 0 Å². The van der Waals surface area contributed by atoms with E-state index >= 15 is 0 Å². The average Bonchev–Trinajstić information content (AvgIpc) is 2.87. The lowest BCUT2D eigenvalue weighted by atomic mass is 10.2. The van der Waals surface area contributed by atoms with Crippen molar-refractivity contribution in [2.24, 2.45) is 0 Å². The van der Waals surface area contributed by atoms with Crippen molar-refractivity contribution < 1.29 is 22.8 Å². The third kappa shape index (κ3) is 2.51. The number of hydrogen-bond donors (Lipinski definition) is 1. The van der Waals surface area contributed by atoms with E-state index in [0.29, 0.717) is 18.9 Å². The van der Waals surface area contributed by atoms with Crippen molar-refractivity contribution in [3.05, 3.63) is 34.1 Å². The largest absolute Gasteiger partial charge is 0.395 e. The summed E-state index contributed by atoms with van der Waals surface area (Å²) in [7, 11) is -3.97. The van der Waals surface area contributed by atoms with Crippen LogP contribution in [0.3, 0.4) is 0 Å². The van der Waals surface area contributed by atoms with Gasteiger partial charge in [-0.3, -0.25) is 10.1 Å². The van der Waals surface area contributed by atoms with Gasteiger partial charge in [-0.25, -0.2) is 8.42 Å². The molecule has 1 aliphatic rings. The molecule has 0 radical (unpaired) electrons. The number of nitro benzene ring substituents is 1. The molecule has 0 spiro atoms. The molecule has 2 rings (SSSR count). The first-order valence-corrected chi connectivity index (χ1v) is 7.38. The molecule has 1 aliphatic heterocycles. The Balaban J connectivity index is 2.44. The quantitative estimate of drug-likeness (QED) is 0.657. The summed E-state index contributed by atoms with van der Waals surface area (Å²) in [4.78, 5) is 9.35. The van der Waals surface area contributed by atoms with Gasteiger partial charge in [0.1, 0.15) is 0 Å². The van der Waals surface area contributed by atoms with E-state index in [9.17, 15) is 22.9 Å². The van der Waals surface area contributed by atoms with Gasteiger partial charge in [-0.2, -0.15) is 8.70 Å². The molecule has 1 heterocycles. The molecule has 0 amide bonds. The third-order valence-corrected chi connectivity index (χ3v) is 5.20. The molecule has 1 saturated heterocycles. The molecule has 1 N–H and O–H groups in total. The maximum absolute atomic E-state index is 13.2. The van der Waals surface area contributed by atoms with Crippen LogP contribution in [0.2, 0.25) is 0 Å². The Morgan fingerprint density at radius 2 is 2.20 bits per heavy atom. The van der Waals surface area contributed by atoms with Crippen molar-refractivity contribution in [2.75, 3.05) is 13.2 Å². The lowest BCUT2D eigenvalue weighted by Gasteiger charge is -2.22. The van der Waals surface area contributed by atoms with Gasteiger partial charge in [0, 0.05) is 18.7 Å². The van der Waals surface area contributed by atoms with Gasteiger partial charge in [0.2, 0.25) is 15.8 Å². The topological polar surface area (TPSA) is 101 Å². The van der Waals surface area contributed by atoms with Crippen molar-refractivity contribution in [3.8, 4) is 0 Å². The Bertz CT molecular complexity index is 634. The highest BCUT2D eigenvalue weighted by Gasteiger charge is 2.35. The fourth-order valence-corrected chi connectivity index (χ4v) is 3.94. The van der Waals surface area contributed by atoms with Crippen molar-refractivity contribution in [1.29, 1.82) is 0 Å². The third-order valence-electron chi connectivity index (χ3n) is 3.25. The van der Waals surface area contributed by atoms with Crippen molar-refractivity contribution in [1.82, 2.24) is 4.31 Å². The van der Waals surface area contributed by atoms with Crippen LogP contribution in [0.25, 0.3) is 0 Å². The highest BCUT2D eigenvalue weighted by Crippen LogP contribution is 2.28.